The molecule has 0 atom stereocenters. The van der Waals surface area contributed by atoms with Gasteiger partial charge in [-0.2, -0.15) is 5.10 Å². The fourth-order valence-corrected chi connectivity index (χ4v) is 3.00. The molecule has 0 saturated carbocycles. The number of benzene rings is 2. The van der Waals surface area contributed by atoms with Gasteiger partial charge in [-0.3, -0.25) is 14.4 Å². The number of carbonyl (C=O) groups is 3. The van der Waals surface area contributed by atoms with Crippen molar-refractivity contribution >= 4 is 52.8 Å². The summed E-state index contributed by atoms with van der Waals surface area (Å²) in [5, 5.41) is 9.56. The highest BCUT2D eigenvalue weighted by Crippen LogP contribution is 2.36. The molecule has 0 aliphatic heterocycles. The predicted octanol–water partition coefficient (Wildman–Crippen LogP) is 3.30. The van der Waals surface area contributed by atoms with Crippen molar-refractivity contribution in [1.29, 1.82) is 0 Å². The zero-order chi connectivity index (χ0) is 24.5. The number of amides is 3. The van der Waals surface area contributed by atoms with Crippen LogP contribution in [0.15, 0.2) is 35.4 Å². The van der Waals surface area contributed by atoms with Gasteiger partial charge in [-0.25, -0.2) is 5.43 Å². The number of hydrogen-bond acceptors (Lipinski definition) is 6. The molecule has 0 aromatic heterocycles. The second-order valence-corrected chi connectivity index (χ2v) is 8.00. The third-order valence-corrected chi connectivity index (χ3v) is 4.59. The number of carbonyl (C=O) groups excluding carboxylic acids is 3. The van der Waals surface area contributed by atoms with Gasteiger partial charge in [0.15, 0.2) is 18.1 Å². The number of halogens is 2. The van der Waals surface area contributed by atoms with Crippen molar-refractivity contribution in [3.8, 4) is 11.5 Å². The quantitative estimate of drug-likeness (QED) is 0.295. The second-order valence-electron chi connectivity index (χ2n) is 7.16. The lowest BCUT2D eigenvalue weighted by Gasteiger charge is -2.14. The van der Waals surface area contributed by atoms with Crippen molar-refractivity contribution in [3.63, 3.8) is 0 Å². The molecule has 0 aliphatic rings. The summed E-state index contributed by atoms with van der Waals surface area (Å²) in [5.74, 6) is -1.70. The van der Waals surface area contributed by atoms with E-state index in [-0.39, 0.29) is 29.2 Å². The van der Waals surface area contributed by atoms with Crippen LogP contribution in [-0.2, 0) is 14.4 Å². The van der Waals surface area contributed by atoms with Gasteiger partial charge in [0, 0.05) is 16.8 Å². The van der Waals surface area contributed by atoms with Crippen LogP contribution in [0.25, 0.3) is 0 Å². The number of aryl methyl sites for hydroxylation is 1. The second kappa shape index (κ2) is 12.1. The Bertz CT molecular complexity index is 1070. The molecule has 176 valence electrons. The number of nitrogens with zero attached hydrogens (tertiary/aromatic N) is 1. The number of rotatable bonds is 8. The summed E-state index contributed by atoms with van der Waals surface area (Å²) < 4.78 is 10.8. The van der Waals surface area contributed by atoms with Crippen molar-refractivity contribution in [2.75, 3.05) is 19.0 Å². The molecule has 0 spiro atoms. The fraction of sp³-hybridized carbons (Fsp3) is 0.273. The minimum absolute atomic E-state index is 0.159. The Kier molecular flexibility index (Phi) is 9.50. The fourth-order valence-electron chi connectivity index (χ4n) is 2.55. The van der Waals surface area contributed by atoms with E-state index in [1.54, 1.807) is 38.1 Å². The lowest BCUT2D eigenvalue weighted by atomic mass is 10.2. The van der Waals surface area contributed by atoms with Gasteiger partial charge in [-0.1, -0.05) is 29.3 Å². The Morgan fingerprint density at radius 2 is 1.85 bits per heavy atom. The number of anilines is 1. The summed E-state index contributed by atoms with van der Waals surface area (Å²) in [6.07, 6.45) is 1.29. The van der Waals surface area contributed by atoms with Crippen LogP contribution >= 0.6 is 23.2 Å². The minimum atomic E-state index is -0.904. The molecule has 2 aromatic carbocycles. The van der Waals surface area contributed by atoms with Crippen LogP contribution in [0.5, 0.6) is 11.5 Å². The lowest BCUT2D eigenvalue weighted by molar-refractivity contribution is -0.139. The van der Waals surface area contributed by atoms with E-state index in [1.807, 2.05) is 6.92 Å². The van der Waals surface area contributed by atoms with Crippen LogP contribution in [0, 0.1) is 6.92 Å². The van der Waals surface area contributed by atoms with E-state index < -0.39 is 17.7 Å². The third kappa shape index (κ3) is 7.96. The van der Waals surface area contributed by atoms with Gasteiger partial charge in [0.25, 0.3) is 5.91 Å². The average Bonchev–Trinajstić information content (AvgIpc) is 2.74. The molecule has 0 aliphatic carbocycles. The monoisotopic (exact) mass is 494 g/mol. The third-order valence-electron chi connectivity index (χ3n) is 4.08. The Morgan fingerprint density at radius 3 is 2.52 bits per heavy atom. The van der Waals surface area contributed by atoms with Gasteiger partial charge >= 0.3 is 11.8 Å². The van der Waals surface area contributed by atoms with Crippen molar-refractivity contribution in [2.45, 2.75) is 26.8 Å². The normalized spacial score (nSPS) is 10.8. The number of methoxy groups -OCH3 is 1. The van der Waals surface area contributed by atoms with E-state index in [2.05, 4.69) is 21.2 Å². The highest BCUT2D eigenvalue weighted by molar-refractivity contribution is 6.35. The molecule has 3 amide bonds. The molecule has 0 bridgehead atoms. The molecule has 0 fully saturated rings. The summed E-state index contributed by atoms with van der Waals surface area (Å²) in [5.41, 5.74) is 4.01. The smallest absolute Gasteiger partial charge is 0.329 e. The summed E-state index contributed by atoms with van der Waals surface area (Å²) in [6.45, 7) is 4.98. The van der Waals surface area contributed by atoms with Gasteiger partial charge in [-0.05, 0) is 56.2 Å². The van der Waals surface area contributed by atoms with Crippen molar-refractivity contribution in [1.82, 2.24) is 10.7 Å². The Balaban J connectivity index is 2.03. The first kappa shape index (κ1) is 26.0. The molecule has 3 N–H and O–H groups in total. The minimum Gasteiger partial charge on any atom is -0.493 e. The number of hydrogen-bond donors (Lipinski definition) is 3. The Hall–Kier alpha value is -3.30. The van der Waals surface area contributed by atoms with Crippen LogP contribution in [0.3, 0.4) is 0 Å². The first-order valence-corrected chi connectivity index (χ1v) is 10.6. The van der Waals surface area contributed by atoms with Gasteiger partial charge in [0.2, 0.25) is 0 Å². The lowest BCUT2D eigenvalue weighted by Crippen LogP contribution is -2.41. The van der Waals surface area contributed by atoms with Crippen LogP contribution in [0.4, 0.5) is 5.69 Å². The van der Waals surface area contributed by atoms with E-state index in [0.717, 1.165) is 5.56 Å². The van der Waals surface area contributed by atoms with E-state index in [0.29, 0.717) is 16.3 Å². The predicted molar refractivity (Wildman–Crippen MR) is 127 cm³/mol. The van der Waals surface area contributed by atoms with Crippen LogP contribution < -0.4 is 25.5 Å². The van der Waals surface area contributed by atoms with Crippen LogP contribution in [0.2, 0.25) is 10.0 Å². The maximum atomic E-state index is 12.3. The number of ether oxygens (including phenoxy) is 2. The van der Waals surface area contributed by atoms with Gasteiger partial charge in [0.05, 0.1) is 18.3 Å². The van der Waals surface area contributed by atoms with Crippen molar-refractivity contribution in [2.24, 2.45) is 5.10 Å². The molecular weight excluding hydrogens is 471 g/mol. The summed E-state index contributed by atoms with van der Waals surface area (Å²) in [4.78, 5) is 35.6. The highest BCUT2D eigenvalue weighted by Gasteiger charge is 2.15. The molecule has 2 rings (SSSR count). The van der Waals surface area contributed by atoms with Crippen LogP contribution in [-0.4, -0.2) is 43.7 Å². The molecule has 0 heterocycles. The summed E-state index contributed by atoms with van der Waals surface area (Å²) in [7, 11) is 1.41. The van der Waals surface area contributed by atoms with Gasteiger partial charge in [-0.15, -0.1) is 0 Å². The van der Waals surface area contributed by atoms with E-state index >= 15 is 0 Å². The molecule has 33 heavy (non-hydrogen) atoms. The summed E-state index contributed by atoms with van der Waals surface area (Å²) in [6, 6.07) is 8.02. The maximum absolute atomic E-state index is 12.3. The van der Waals surface area contributed by atoms with Gasteiger partial charge in [0.1, 0.15) is 0 Å². The highest BCUT2D eigenvalue weighted by atomic mass is 35.5. The SMILES string of the molecule is COc1cc(/C=N\NC(=O)C(=O)NC(C)C)cc(Cl)c1OCC(=O)Nc1cc(Cl)ccc1C. The molecule has 9 nitrogen and oxygen atoms in total. The number of hydrazone groups is 1. The maximum Gasteiger partial charge on any atom is 0.329 e. The van der Waals surface area contributed by atoms with E-state index in [1.165, 1.54) is 19.4 Å². The van der Waals surface area contributed by atoms with Crippen molar-refractivity contribution in [3.05, 3.63) is 51.5 Å². The van der Waals surface area contributed by atoms with E-state index in [4.69, 9.17) is 32.7 Å². The zero-order valence-electron chi connectivity index (χ0n) is 18.5. The first-order valence-electron chi connectivity index (χ1n) is 9.81. The zero-order valence-corrected chi connectivity index (χ0v) is 20.0. The van der Waals surface area contributed by atoms with Crippen LogP contribution in [0.1, 0.15) is 25.0 Å². The summed E-state index contributed by atoms with van der Waals surface area (Å²) >= 11 is 12.3. The molecular formula is C22H24Cl2N4O5. The molecule has 11 heteroatoms. The molecule has 0 unspecified atom stereocenters. The largest absolute Gasteiger partial charge is 0.493 e. The van der Waals surface area contributed by atoms with Crippen molar-refractivity contribution < 1.29 is 23.9 Å². The average molecular weight is 495 g/mol. The standard InChI is InChI=1S/C22H24Cl2N4O5/c1-12(2)26-21(30)22(31)28-25-10-14-7-16(24)20(18(8-14)32-4)33-11-19(29)27-17-9-15(23)6-5-13(17)3/h5-10,12H,11H2,1-4H3,(H,26,30)(H,27,29)(H,28,31)/b25-10-. The molecule has 0 radical (unpaired) electrons. The Morgan fingerprint density at radius 1 is 1.12 bits per heavy atom. The molecule has 0 saturated heterocycles. The first-order chi connectivity index (χ1) is 15.6. The molecule has 2 aromatic rings. The topological polar surface area (TPSA) is 118 Å². The van der Waals surface area contributed by atoms with Gasteiger partial charge < -0.3 is 20.1 Å². The number of nitrogens with one attached hydrogen (secondary N) is 3. The van der Waals surface area contributed by atoms with E-state index in [9.17, 15) is 14.4 Å². The Labute approximate surface area is 201 Å².